The minimum absolute atomic E-state index is 0.0447. The number of carbonyl (C=O) groups is 2. The maximum atomic E-state index is 12.2. The van der Waals surface area contributed by atoms with Crippen molar-refractivity contribution in [2.45, 2.75) is 12.8 Å². The molecule has 1 heterocycles. The highest BCUT2D eigenvalue weighted by Gasteiger charge is 2.35. The number of ketones is 1. The number of likely N-dealkylation sites (N-methyl/N-ethyl adjacent to an activating group) is 1. The highest BCUT2D eigenvalue weighted by Crippen LogP contribution is 2.41. The molecule has 6 nitrogen and oxygen atoms in total. The lowest BCUT2D eigenvalue weighted by molar-refractivity contribution is 0.0603. The molecule has 0 aliphatic heterocycles. The van der Waals surface area contributed by atoms with Gasteiger partial charge >= 0.3 is 5.97 Å². The van der Waals surface area contributed by atoms with Crippen LogP contribution < -0.4 is 11.1 Å². The van der Waals surface area contributed by atoms with Gasteiger partial charge in [0.25, 0.3) is 0 Å². The minimum atomic E-state index is -0.508. The third-order valence-corrected chi connectivity index (χ3v) is 4.53. The first-order chi connectivity index (χ1) is 9.95. The number of thiophene rings is 1. The fourth-order valence-electron chi connectivity index (χ4n) is 1.98. The summed E-state index contributed by atoms with van der Waals surface area (Å²) in [6.07, 6.45) is 1.82. The van der Waals surface area contributed by atoms with Crippen molar-refractivity contribution >= 4 is 33.8 Å². The summed E-state index contributed by atoms with van der Waals surface area (Å²) >= 11 is 1.25. The fourth-order valence-corrected chi connectivity index (χ4v) is 3.13. The lowest BCUT2D eigenvalue weighted by Gasteiger charge is -2.11. The molecule has 0 spiro atoms. The number of carbonyl (C=O) groups excluding carboxylic acids is 2. The van der Waals surface area contributed by atoms with Gasteiger partial charge in [-0.15, -0.1) is 11.3 Å². The van der Waals surface area contributed by atoms with Crippen LogP contribution in [0.4, 0.5) is 10.7 Å². The molecule has 116 valence electrons. The van der Waals surface area contributed by atoms with Gasteiger partial charge in [-0.3, -0.25) is 4.79 Å². The van der Waals surface area contributed by atoms with E-state index in [4.69, 9.17) is 10.5 Å². The van der Waals surface area contributed by atoms with Gasteiger partial charge in [-0.1, -0.05) is 0 Å². The molecular formula is C14H21N3O3S. The predicted molar refractivity (Wildman–Crippen MR) is 84.2 cm³/mol. The van der Waals surface area contributed by atoms with Crippen LogP contribution in [0.5, 0.6) is 0 Å². The molecule has 0 saturated heterocycles. The Morgan fingerprint density at radius 1 is 1.43 bits per heavy atom. The zero-order valence-electron chi connectivity index (χ0n) is 12.6. The normalized spacial score (nSPS) is 14.3. The van der Waals surface area contributed by atoms with Crippen LogP contribution in [0, 0.1) is 5.92 Å². The lowest BCUT2D eigenvalue weighted by atomic mass is 10.1. The van der Waals surface area contributed by atoms with Crippen LogP contribution in [0.3, 0.4) is 0 Å². The van der Waals surface area contributed by atoms with E-state index in [2.05, 4.69) is 5.32 Å². The third-order valence-electron chi connectivity index (χ3n) is 3.35. The summed E-state index contributed by atoms with van der Waals surface area (Å²) in [7, 11) is 5.24. The topological polar surface area (TPSA) is 84.7 Å². The highest BCUT2D eigenvalue weighted by molar-refractivity contribution is 7.19. The van der Waals surface area contributed by atoms with Gasteiger partial charge in [0.1, 0.15) is 10.6 Å². The van der Waals surface area contributed by atoms with Gasteiger partial charge in [0.15, 0.2) is 5.78 Å². The standard InChI is InChI=1S/C14H21N3O3S/c1-17(2)7-6-16-13-9(14(19)20-3)10(15)12(21-13)11(18)8-4-5-8/h8,16H,4-7,15H2,1-3H3. The van der Waals surface area contributed by atoms with Crippen molar-refractivity contribution in [3.8, 4) is 0 Å². The minimum Gasteiger partial charge on any atom is -0.465 e. The van der Waals surface area contributed by atoms with Crippen LogP contribution in [-0.4, -0.2) is 50.9 Å². The largest absolute Gasteiger partial charge is 0.465 e. The summed E-state index contributed by atoms with van der Waals surface area (Å²) in [5.41, 5.74) is 6.55. The van der Waals surface area contributed by atoms with Gasteiger partial charge in [-0.05, 0) is 26.9 Å². The van der Waals surface area contributed by atoms with Crippen LogP contribution in [0.2, 0.25) is 0 Å². The average Bonchev–Trinajstić information content (AvgIpc) is 3.22. The van der Waals surface area contributed by atoms with E-state index in [0.717, 1.165) is 19.4 Å². The second-order valence-electron chi connectivity index (χ2n) is 5.41. The maximum Gasteiger partial charge on any atom is 0.343 e. The number of nitrogen functional groups attached to an aromatic ring is 1. The van der Waals surface area contributed by atoms with E-state index in [1.165, 1.54) is 18.4 Å². The Balaban J connectivity index is 2.25. The van der Waals surface area contributed by atoms with Gasteiger partial charge in [0, 0.05) is 19.0 Å². The SMILES string of the molecule is COC(=O)c1c(NCCN(C)C)sc(C(=O)C2CC2)c1N. The van der Waals surface area contributed by atoms with Crippen LogP contribution in [-0.2, 0) is 4.74 Å². The average molecular weight is 311 g/mol. The monoisotopic (exact) mass is 311 g/mol. The second kappa shape index (κ2) is 6.44. The van der Waals surface area contributed by atoms with E-state index < -0.39 is 5.97 Å². The smallest absolute Gasteiger partial charge is 0.343 e. The summed E-state index contributed by atoms with van der Waals surface area (Å²) in [6.45, 7) is 1.47. The molecule has 0 bridgehead atoms. The van der Waals surface area contributed by atoms with Gasteiger partial charge in [-0.2, -0.15) is 0 Å². The number of Topliss-reactive ketones (excluding diaryl/α,β-unsaturated/α-hetero) is 1. The number of nitrogens with zero attached hydrogens (tertiary/aromatic N) is 1. The number of rotatable bonds is 7. The van der Waals surface area contributed by atoms with Crippen molar-refractivity contribution in [3.05, 3.63) is 10.4 Å². The summed E-state index contributed by atoms with van der Waals surface area (Å²) in [6, 6.07) is 0. The van der Waals surface area contributed by atoms with Crippen molar-refractivity contribution in [1.29, 1.82) is 0 Å². The molecule has 1 aromatic heterocycles. The Kier molecular flexibility index (Phi) is 4.84. The van der Waals surface area contributed by atoms with Crippen LogP contribution in [0.1, 0.15) is 32.9 Å². The molecule has 3 N–H and O–H groups in total. The van der Waals surface area contributed by atoms with Crippen molar-refractivity contribution in [2.75, 3.05) is 45.3 Å². The van der Waals surface area contributed by atoms with E-state index in [1.54, 1.807) is 0 Å². The summed E-state index contributed by atoms with van der Waals surface area (Å²) in [4.78, 5) is 26.6. The van der Waals surface area contributed by atoms with Crippen molar-refractivity contribution in [1.82, 2.24) is 4.90 Å². The molecule has 1 aliphatic rings. The van der Waals surface area contributed by atoms with Gasteiger partial charge < -0.3 is 20.7 Å². The first-order valence-electron chi connectivity index (χ1n) is 6.89. The van der Waals surface area contributed by atoms with Crippen molar-refractivity contribution in [3.63, 3.8) is 0 Å². The molecule has 0 radical (unpaired) electrons. The molecule has 0 aromatic carbocycles. The Bertz CT molecular complexity index is 550. The third kappa shape index (κ3) is 3.54. The number of hydrogen-bond donors (Lipinski definition) is 2. The molecule has 1 aromatic rings. The molecule has 1 saturated carbocycles. The zero-order valence-corrected chi connectivity index (χ0v) is 13.4. The van der Waals surface area contributed by atoms with Gasteiger partial charge in [0.05, 0.1) is 17.7 Å². The van der Waals surface area contributed by atoms with Crippen molar-refractivity contribution in [2.24, 2.45) is 5.92 Å². The number of nitrogens with two attached hydrogens (primary N) is 1. The summed E-state index contributed by atoms with van der Waals surface area (Å²) < 4.78 is 4.78. The second-order valence-corrected chi connectivity index (χ2v) is 6.43. The Morgan fingerprint density at radius 2 is 2.10 bits per heavy atom. The number of anilines is 2. The maximum absolute atomic E-state index is 12.2. The van der Waals surface area contributed by atoms with Gasteiger partial charge in [-0.25, -0.2) is 4.79 Å². The van der Waals surface area contributed by atoms with E-state index in [-0.39, 0.29) is 23.0 Å². The van der Waals surface area contributed by atoms with Crippen LogP contribution >= 0.6 is 11.3 Å². The van der Waals surface area contributed by atoms with Crippen molar-refractivity contribution < 1.29 is 14.3 Å². The highest BCUT2D eigenvalue weighted by atomic mass is 32.1. The number of nitrogens with one attached hydrogen (secondary N) is 1. The lowest BCUT2D eigenvalue weighted by Crippen LogP contribution is -2.21. The number of methoxy groups -OCH3 is 1. The predicted octanol–water partition coefficient (Wildman–Crippen LogP) is 1.68. The van der Waals surface area contributed by atoms with E-state index in [9.17, 15) is 9.59 Å². The molecule has 7 heteroatoms. The van der Waals surface area contributed by atoms with E-state index in [0.29, 0.717) is 16.4 Å². The Morgan fingerprint density at radius 3 is 2.62 bits per heavy atom. The quantitative estimate of drug-likeness (QED) is 0.589. The first-order valence-corrected chi connectivity index (χ1v) is 7.70. The molecular weight excluding hydrogens is 290 g/mol. The first kappa shape index (κ1) is 15.8. The van der Waals surface area contributed by atoms with Gasteiger partial charge in [0.2, 0.25) is 0 Å². The molecule has 21 heavy (non-hydrogen) atoms. The number of ether oxygens (including phenoxy) is 1. The molecule has 0 unspecified atom stereocenters. The molecule has 1 aliphatic carbocycles. The molecule has 0 amide bonds. The Labute approximate surface area is 128 Å². The molecule has 0 atom stereocenters. The fraction of sp³-hybridized carbons (Fsp3) is 0.571. The summed E-state index contributed by atoms with van der Waals surface area (Å²) in [5, 5.41) is 3.79. The summed E-state index contributed by atoms with van der Waals surface area (Å²) in [5.74, 6) is -0.389. The molecule has 2 rings (SSSR count). The molecule has 1 fully saturated rings. The Hall–Kier alpha value is -1.60. The number of esters is 1. The zero-order chi connectivity index (χ0) is 15.6. The van der Waals surface area contributed by atoms with E-state index in [1.807, 2.05) is 19.0 Å². The van der Waals surface area contributed by atoms with Crippen LogP contribution in [0.25, 0.3) is 0 Å². The van der Waals surface area contributed by atoms with Crippen LogP contribution in [0.15, 0.2) is 0 Å². The number of hydrogen-bond acceptors (Lipinski definition) is 7. The van der Waals surface area contributed by atoms with E-state index >= 15 is 0 Å².